The Kier molecular flexibility index (Phi) is 6.03. The van der Waals surface area contributed by atoms with Crippen molar-refractivity contribution in [3.8, 4) is 5.75 Å². The molecule has 2 N–H and O–H groups in total. The number of carbonyl (C=O) groups excluding carboxylic acids is 1. The van der Waals surface area contributed by atoms with Crippen LogP contribution in [0.25, 0.3) is 0 Å². The first-order valence-electron chi connectivity index (χ1n) is 11.1. The number of nitrogens with zero attached hydrogens (tertiary/aromatic N) is 3. The van der Waals surface area contributed by atoms with Gasteiger partial charge in [0.2, 0.25) is 11.9 Å². The lowest BCUT2D eigenvalue weighted by Crippen LogP contribution is -2.44. The Hall–Kier alpha value is -2.83. The van der Waals surface area contributed by atoms with Gasteiger partial charge in [0, 0.05) is 37.9 Å². The molecule has 2 fully saturated rings. The molecule has 0 radical (unpaired) electrons. The van der Waals surface area contributed by atoms with Gasteiger partial charge in [-0.2, -0.15) is 4.98 Å². The number of hydrogen-bond donors (Lipinski definition) is 2. The Morgan fingerprint density at radius 1 is 1.10 bits per heavy atom. The molecule has 31 heavy (non-hydrogen) atoms. The van der Waals surface area contributed by atoms with E-state index in [-0.39, 0.29) is 17.4 Å². The Labute approximate surface area is 184 Å². The third-order valence-corrected chi connectivity index (χ3v) is 6.59. The van der Waals surface area contributed by atoms with Crippen LogP contribution in [-0.4, -0.2) is 49.2 Å². The fraction of sp³-hybridized carbons (Fsp3) is 0.542. The van der Waals surface area contributed by atoms with E-state index in [1.54, 1.807) is 7.11 Å². The normalized spacial score (nSPS) is 21.8. The molecule has 7 heteroatoms. The first kappa shape index (κ1) is 21.4. The molecule has 1 aromatic heterocycles. The number of benzene rings is 1. The molecule has 0 saturated heterocycles. The van der Waals surface area contributed by atoms with Crippen LogP contribution in [0.3, 0.4) is 0 Å². The molecule has 0 bridgehead atoms. The molecule has 2 aromatic rings. The number of carbonyl (C=O) groups is 1. The fourth-order valence-corrected chi connectivity index (χ4v) is 4.53. The minimum atomic E-state index is -0.348. The van der Waals surface area contributed by atoms with E-state index >= 15 is 0 Å². The minimum Gasteiger partial charge on any atom is -0.497 e. The fourth-order valence-electron chi connectivity index (χ4n) is 4.53. The smallest absolute Gasteiger partial charge is 0.230 e. The van der Waals surface area contributed by atoms with E-state index in [9.17, 15) is 4.79 Å². The van der Waals surface area contributed by atoms with Gasteiger partial charge in [-0.25, -0.2) is 4.98 Å². The SMILES string of the molecule is COc1ccc(C2(C(=O)NC3CCC(Nc4ncc(C)c(N(C)C)n4)CC3)CC2)cc1. The molecule has 0 spiro atoms. The van der Waals surface area contributed by atoms with Gasteiger partial charge < -0.3 is 20.3 Å². The van der Waals surface area contributed by atoms with Crippen molar-refractivity contribution in [3.05, 3.63) is 41.6 Å². The molecule has 2 aliphatic rings. The van der Waals surface area contributed by atoms with Crippen LogP contribution >= 0.6 is 0 Å². The van der Waals surface area contributed by atoms with Gasteiger partial charge in [0.05, 0.1) is 12.5 Å². The Balaban J connectivity index is 1.30. The largest absolute Gasteiger partial charge is 0.497 e. The van der Waals surface area contributed by atoms with Gasteiger partial charge in [0.25, 0.3) is 0 Å². The highest BCUT2D eigenvalue weighted by Gasteiger charge is 2.51. The van der Waals surface area contributed by atoms with Crippen molar-refractivity contribution < 1.29 is 9.53 Å². The van der Waals surface area contributed by atoms with Crippen molar-refractivity contribution in [1.82, 2.24) is 15.3 Å². The molecule has 0 atom stereocenters. The Bertz CT molecular complexity index is 916. The van der Waals surface area contributed by atoms with Gasteiger partial charge in [-0.15, -0.1) is 0 Å². The molecule has 0 unspecified atom stereocenters. The summed E-state index contributed by atoms with van der Waals surface area (Å²) in [5, 5.41) is 6.81. The van der Waals surface area contributed by atoms with Crippen molar-refractivity contribution in [3.63, 3.8) is 0 Å². The number of hydrogen-bond acceptors (Lipinski definition) is 6. The highest BCUT2D eigenvalue weighted by atomic mass is 16.5. The monoisotopic (exact) mass is 423 g/mol. The zero-order chi connectivity index (χ0) is 22.0. The average molecular weight is 424 g/mol. The molecule has 0 aliphatic heterocycles. The molecule has 2 saturated carbocycles. The zero-order valence-electron chi connectivity index (χ0n) is 18.9. The molecule has 7 nitrogen and oxygen atoms in total. The van der Waals surface area contributed by atoms with Crippen LogP contribution in [0.1, 0.15) is 49.7 Å². The van der Waals surface area contributed by atoms with Crippen LogP contribution in [0.2, 0.25) is 0 Å². The van der Waals surface area contributed by atoms with E-state index in [1.807, 2.05) is 56.4 Å². The van der Waals surface area contributed by atoms with Gasteiger partial charge in [-0.05, 0) is 63.1 Å². The molecular formula is C24H33N5O2. The van der Waals surface area contributed by atoms with E-state index in [0.717, 1.165) is 61.2 Å². The average Bonchev–Trinajstić information content (AvgIpc) is 3.58. The molecule has 1 heterocycles. The predicted molar refractivity (Wildman–Crippen MR) is 123 cm³/mol. The van der Waals surface area contributed by atoms with E-state index in [1.165, 1.54) is 0 Å². The summed E-state index contributed by atoms with van der Waals surface area (Å²) in [4.78, 5) is 24.2. The third kappa shape index (κ3) is 4.60. The number of anilines is 2. The number of amides is 1. The molecular weight excluding hydrogens is 390 g/mol. The minimum absolute atomic E-state index is 0.173. The standard InChI is InChI=1S/C24H33N5O2/c1-16-15-25-23(28-21(16)29(2)3)27-19-9-7-18(8-10-19)26-22(30)24(13-14-24)17-5-11-20(31-4)12-6-17/h5-6,11-12,15,18-19H,7-10,13-14H2,1-4H3,(H,26,30)(H,25,27,28). The van der Waals surface area contributed by atoms with Crippen LogP contribution < -0.4 is 20.3 Å². The highest BCUT2D eigenvalue weighted by molar-refractivity contribution is 5.91. The number of aromatic nitrogens is 2. The van der Waals surface area contributed by atoms with Crippen LogP contribution in [0.5, 0.6) is 5.75 Å². The van der Waals surface area contributed by atoms with E-state index in [4.69, 9.17) is 4.74 Å². The summed E-state index contributed by atoms with van der Waals surface area (Å²) in [6.07, 6.45) is 7.62. The molecule has 1 amide bonds. The summed E-state index contributed by atoms with van der Waals surface area (Å²) in [6.45, 7) is 2.02. The molecule has 166 valence electrons. The van der Waals surface area contributed by atoms with Crippen molar-refractivity contribution in [1.29, 1.82) is 0 Å². The van der Waals surface area contributed by atoms with Crippen LogP contribution in [-0.2, 0) is 10.2 Å². The maximum Gasteiger partial charge on any atom is 0.230 e. The number of rotatable bonds is 7. The van der Waals surface area contributed by atoms with Crippen LogP contribution in [0.15, 0.2) is 30.5 Å². The summed E-state index contributed by atoms with van der Waals surface area (Å²) in [6, 6.07) is 8.49. The Morgan fingerprint density at radius 3 is 2.32 bits per heavy atom. The summed E-state index contributed by atoms with van der Waals surface area (Å²) < 4.78 is 5.24. The highest BCUT2D eigenvalue weighted by Crippen LogP contribution is 2.49. The zero-order valence-corrected chi connectivity index (χ0v) is 18.9. The second kappa shape index (κ2) is 8.73. The first-order valence-corrected chi connectivity index (χ1v) is 11.1. The van der Waals surface area contributed by atoms with E-state index < -0.39 is 0 Å². The summed E-state index contributed by atoms with van der Waals surface area (Å²) in [5.41, 5.74) is 1.81. The van der Waals surface area contributed by atoms with Crippen LogP contribution in [0.4, 0.5) is 11.8 Å². The maximum absolute atomic E-state index is 13.1. The molecule has 2 aliphatic carbocycles. The number of aryl methyl sites for hydroxylation is 1. The Morgan fingerprint density at radius 2 is 1.74 bits per heavy atom. The summed E-state index contributed by atoms with van der Waals surface area (Å²) in [7, 11) is 5.64. The first-order chi connectivity index (χ1) is 14.9. The third-order valence-electron chi connectivity index (χ3n) is 6.59. The number of nitrogens with one attached hydrogen (secondary N) is 2. The molecule has 4 rings (SSSR count). The number of ether oxygens (including phenoxy) is 1. The van der Waals surface area contributed by atoms with Gasteiger partial charge in [-0.1, -0.05) is 12.1 Å². The lowest BCUT2D eigenvalue weighted by molar-refractivity contribution is -0.124. The second-order valence-corrected chi connectivity index (χ2v) is 9.07. The lowest BCUT2D eigenvalue weighted by atomic mass is 9.89. The van der Waals surface area contributed by atoms with Gasteiger partial charge in [0.15, 0.2) is 0 Å². The second-order valence-electron chi connectivity index (χ2n) is 9.07. The van der Waals surface area contributed by atoms with E-state index in [2.05, 4.69) is 20.6 Å². The molecule has 1 aromatic carbocycles. The quantitative estimate of drug-likeness (QED) is 0.710. The van der Waals surface area contributed by atoms with Gasteiger partial charge >= 0.3 is 0 Å². The van der Waals surface area contributed by atoms with Crippen molar-refractivity contribution >= 4 is 17.7 Å². The van der Waals surface area contributed by atoms with Crippen molar-refractivity contribution in [2.45, 2.75) is 62.9 Å². The van der Waals surface area contributed by atoms with Crippen molar-refractivity contribution in [2.24, 2.45) is 0 Å². The van der Waals surface area contributed by atoms with E-state index in [0.29, 0.717) is 12.0 Å². The number of methoxy groups -OCH3 is 1. The van der Waals surface area contributed by atoms with Gasteiger partial charge in [0.1, 0.15) is 11.6 Å². The lowest BCUT2D eigenvalue weighted by Gasteiger charge is -2.31. The summed E-state index contributed by atoms with van der Waals surface area (Å²) in [5.74, 6) is 2.61. The van der Waals surface area contributed by atoms with Crippen molar-refractivity contribution in [2.75, 3.05) is 31.4 Å². The van der Waals surface area contributed by atoms with Gasteiger partial charge in [-0.3, -0.25) is 4.79 Å². The summed E-state index contributed by atoms with van der Waals surface area (Å²) >= 11 is 0. The topological polar surface area (TPSA) is 79.4 Å². The maximum atomic E-state index is 13.1. The predicted octanol–water partition coefficient (Wildman–Crippen LogP) is 3.43. The van der Waals surface area contributed by atoms with Crippen LogP contribution in [0, 0.1) is 6.92 Å².